The van der Waals surface area contributed by atoms with E-state index in [2.05, 4.69) is 31.0 Å². The first kappa shape index (κ1) is 11.5. The highest BCUT2D eigenvalue weighted by Crippen LogP contribution is 2.42. The van der Waals surface area contributed by atoms with Crippen molar-refractivity contribution in [1.29, 1.82) is 0 Å². The van der Waals surface area contributed by atoms with Crippen LogP contribution in [0.15, 0.2) is 6.07 Å². The van der Waals surface area contributed by atoms with E-state index in [4.69, 9.17) is 5.73 Å². The monoisotopic (exact) mass is 221 g/mol. The van der Waals surface area contributed by atoms with Gasteiger partial charge in [0.05, 0.1) is 5.69 Å². The number of nitrogens with one attached hydrogen (secondary N) is 1. The highest BCUT2D eigenvalue weighted by atomic mass is 15.2. The molecule has 1 aliphatic carbocycles. The molecule has 16 heavy (non-hydrogen) atoms. The maximum Gasteiger partial charge on any atom is 0.119 e. The molecule has 0 unspecified atom stereocenters. The normalized spacial score (nSPS) is 26.9. The molecule has 90 valence electrons. The number of nitrogens with zero attached hydrogens (tertiary/aromatic N) is 1. The Balaban J connectivity index is 1.95. The van der Waals surface area contributed by atoms with Gasteiger partial charge in [-0.15, -0.1) is 0 Å². The summed E-state index contributed by atoms with van der Waals surface area (Å²) in [5.74, 6) is 2.17. The topological polar surface area (TPSA) is 54.7 Å². The molecular weight excluding hydrogens is 198 g/mol. The van der Waals surface area contributed by atoms with Gasteiger partial charge < -0.3 is 5.73 Å². The van der Waals surface area contributed by atoms with Crippen LogP contribution in [0.2, 0.25) is 0 Å². The summed E-state index contributed by atoms with van der Waals surface area (Å²) < 4.78 is 0. The van der Waals surface area contributed by atoms with Gasteiger partial charge in [-0.1, -0.05) is 20.8 Å². The Bertz CT molecular complexity index is 340. The van der Waals surface area contributed by atoms with Crippen molar-refractivity contribution in [3.63, 3.8) is 0 Å². The molecule has 0 aliphatic heterocycles. The highest BCUT2D eigenvalue weighted by molar-refractivity contribution is 5.30. The molecule has 0 amide bonds. The molecule has 1 aliphatic rings. The van der Waals surface area contributed by atoms with Gasteiger partial charge in [-0.05, 0) is 37.0 Å². The Morgan fingerprint density at radius 3 is 2.31 bits per heavy atom. The number of hydrogen-bond donors (Lipinski definition) is 2. The molecule has 1 heterocycles. The van der Waals surface area contributed by atoms with Gasteiger partial charge in [0.2, 0.25) is 0 Å². The first-order valence-corrected chi connectivity index (χ1v) is 6.27. The lowest BCUT2D eigenvalue weighted by Crippen LogP contribution is -2.25. The van der Waals surface area contributed by atoms with E-state index in [1.807, 2.05) is 6.07 Å². The van der Waals surface area contributed by atoms with Crippen molar-refractivity contribution in [3.8, 4) is 0 Å². The summed E-state index contributed by atoms with van der Waals surface area (Å²) in [6, 6.07) is 1.99. The molecule has 1 aromatic rings. The zero-order valence-corrected chi connectivity index (χ0v) is 10.6. The van der Waals surface area contributed by atoms with E-state index in [1.165, 1.54) is 25.7 Å². The van der Waals surface area contributed by atoms with Crippen LogP contribution in [0.25, 0.3) is 0 Å². The van der Waals surface area contributed by atoms with Crippen molar-refractivity contribution >= 4 is 5.82 Å². The van der Waals surface area contributed by atoms with Gasteiger partial charge in [0.25, 0.3) is 0 Å². The number of hydrogen-bond acceptors (Lipinski definition) is 2. The maximum absolute atomic E-state index is 5.66. The molecule has 0 saturated heterocycles. The van der Waals surface area contributed by atoms with E-state index in [-0.39, 0.29) is 0 Å². The molecule has 0 radical (unpaired) electrons. The highest BCUT2D eigenvalue weighted by Gasteiger charge is 2.30. The predicted octanol–water partition coefficient (Wildman–Crippen LogP) is 3.31. The van der Waals surface area contributed by atoms with Crippen LogP contribution in [0.1, 0.15) is 58.1 Å². The Morgan fingerprint density at radius 1 is 1.25 bits per heavy atom. The number of anilines is 1. The zero-order chi connectivity index (χ0) is 11.8. The molecule has 0 bridgehead atoms. The van der Waals surface area contributed by atoms with E-state index < -0.39 is 0 Å². The lowest BCUT2D eigenvalue weighted by atomic mass is 9.69. The van der Waals surface area contributed by atoms with Crippen LogP contribution in [0, 0.1) is 11.3 Å². The molecular formula is C13H23N3. The smallest absolute Gasteiger partial charge is 0.119 e. The second-order valence-electron chi connectivity index (χ2n) is 6.16. The lowest BCUT2D eigenvalue weighted by molar-refractivity contribution is 0.168. The Labute approximate surface area is 97.8 Å². The van der Waals surface area contributed by atoms with Crippen molar-refractivity contribution in [1.82, 2.24) is 10.2 Å². The van der Waals surface area contributed by atoms with Crippen LogP contribution in [-0.2, 0) is 0 Å². The summed E-state index contributed by atoms with van der Waals surface area (Å²) in [7, 11) is 0. The zero-order valence-electron chi connectivity index (χ0n) is 10.6. The second kappa shape index (κ2) is 4.11. The summed E-state index contributed by atoms with van der Waals surface area (Å²) in [6.45, 7) is 7.06. The van der Waals surface area contributed by atoms with E-state index in [9.17, 15) is 0 Å². The fourth-order valence-electron chi connectivity index (χ4n) is 2.82. The van der Waals surface area contributed by atoms with Crippen molar-refractivity contribution in [2.24, 2.45) is 11.3 Å². The molecule has 1 aromatic heterocycles. The van der Waals surface area contributed by atoms with Crippen LogP contribution in [0.4, 0.5) is 5.82 Å². The van der Waals surface area contributed by atoms with Crippen LogP contribution >= 0.6 is 0 Å². The van der Waals surface area contributed by atoms with Crippen molar-refractivity contribution in [2.45, 2.75) is 52.4 Å². The number of aromatic amines is 1. The number of nitrogens with two attached hydrogens (primary N) is 1. The third kappa shape index (κ3) is 2.39. The summed E-state index contributed by atoms with van der Waals surface area (Å²) in [5, 5.41) is 7.11. The molecule has 1 fully saturated rings. The Morgan fingerprint density at radius 2 is 1.88 bits per heavy atom. The minimum atomic E-state index is 0.454. The van der Waals surface area contributed by atoms with Gasteiger partial charge >= 0.3 is 0 Å². The second-order valence-corrected chi connectivity index (χ2v) is 6.16. The van der Waals surface area contributed by atoms with Crippen molar-refractivity contribution < 1.29 is 0 Å². The Hall–Kier alpha value is -0.990. The number of rotatable bonds is 1. The molecule has 3 heteroatoms. The summed E-state index contributed by atoms with van der Waals surface area (Å²) in [5.41, 5.74) is 7.27. The molecule has 1 saturated carbocycles. The Kier molecular flexibility index (Phi) is 2.96. The van der Waals surface area contributed by atoms with E-state index >= 15 is 0 Å². The molecule has 3 N–H and O–H groups in total. The standard InChI is InChI=1S/C13H23N3/c1-13(2,3)10-6-4-9(5-7-10)11-8-12(14)16-15-11/h8-10H,4-7H2,1-3H3,(H3,14,15,16)/t9-,10-. The third-order valence-corrected chi connectivity index (χ3v) is 3.99. The lowest BCUT2D eigenvalue weighted by Gasteiger charge is -2.36. The van der Waals surface area contributed by atoms with Crippen molar-refractivity contribution in [3.05, 3.63) is 11.8 Å². The number of nitrogen functional groups attached to an aromatic ring is 1. The van der Waals surface area contributed by atoms with Crippen LogP contribution < -0.4 is 5.73 Å². The largest absolute Gasteiger partial charge is 0.384 e. The minimum Gasteiger partial charge on any atom is -0.384 e. The predicted molar refractivity (Wildman–Crippen MR) is 67.2 cm³/mol. The average molecular weight is 221 g/mol. The molecule has 0 aromatic carbocycles. The number of aromatic nitrogens is 2. The van der Waals surface area contributed by atoms with Gasteiger partial charge in [-0.2, -0.15) is 5.10 Å². The molecule has 0 atom stereocenters. The number of H-pyrrole nitrogens is 1. The van der Waals surface area contributed by atoms with Gasteiger partial charge in [0.1, 0.15) is 5.82 Å². The van der Waals surface area contributed by atoms with Crippen molar-refractivity contribution in [2.75, 3.05) is 5.73 Å². The van der Waals surface area contributed by atoms with Crippen LogP contribution in [0.3, 0.4) is 0 Å². The molecule has 3 nitrogen and oxygen atoms in total. The quantitative estimate of drug-likeness (QED) is 0.764. The summed E-state index contributed by atoms with van der Waals surface area (Å²) in [6.07, 6.45) is 5.15. The van der Waals surface area contributed by atoms with Gasteiger partial charge in [-0.3, -0.25) is 5.10 Å². The first-order chi connectivity index (χ1) is 7.47. The van der Waals surface area contributed by atoms with Crippen LogP contribution in [-0.4, -0.2) is 10.2 Å². The fraction of sp³-hybridized carbons (Fsp3) is 0.769. The minimum absolute atomic E-state index is 0.454. The van der Waals surface area contributed by atoms with E-state index in [0.29, 0.717) is 17.2 Å². The van der Waals surface area contributed by atoms with Gasteiger partial charge in [-0.25, -0.2) is 0 Å². The van der Waals surface area contributed by atoms with Gasteiger partial charge in [0.15, 0.2) is 0 Å². The van der Waals surface area contributed by atoms with Gasteiger partial charge in [0, 0.05) is 12.0 Å². The SMILES string of the molecule is CC(C)(C)[C@H]1CC[C@H](c2cc(N)[nH]n2)CC1. The maximum atomic E-state index is 5.66. The first-order valence-electron chi connectivity index (χ1n) is 6.27. The van der Waals surface area contributed by atoms with Crippen LogP contribution in [0.5, 0.6) is 0 Å². The fourth-order valence-corrected chi connectivity index (χ4v) is 2.82. The summed E-state index contributed by atoms with van der Waals surface area (Å²) >= 11 is 0. The average Bonchev–Trinajstić information content (AvgIpc) is 2.64. The molecule has 2 rings (SSSR count). The van der Waals surface area contributed by atoms with E-state index in [0.717, 1.165) is 11.6 Å². The summed E-state index contributed by atoms with van der Waals surface area (Å²) in [4.78, 5) is 0. The molecule has 0 spiro atoms. The third-order valence-electron chi connectivity index (χ3n) is 3.99. The van der Waals surface area contributed by atoms with E-state index in [1.54, 1.807) is 0 Å².